The van der Waals surface area contributed by atoms with Crippen LogP contribution in [0.2, 0.25) is 0 Å². The van der Waals surface area contributed by atoms with E-state index in [1.54, 1.807) is 50.2 Å². The molecule has 1 aliphatic rings. The number of nitrogens with one attached hydrogen (secondary N) is 1. The molecular formula is C25H32N5O9P. The molecule has 3 heterocycles. The van der Waals surface area contributed by atoms with Crippen LogP contribution in [0.15, 0.2) is 55.2 Å². The molecule has 6 atom stereocenters. The summed E-state index contributed by atoms with van der Waals surface area (Å²) in [5.74, 6) is -0.112. The number of carbonyl (C=O) groups excluding carboxylic acids is 1. The van der Waals surface area contributed by atoms with Gasteiger partial charge >= 0.3 is 13.7 Å². The standard InChI is InChI=1S/C25H32N5O9P/c1-15(2)37-25(33)16(3)29-40(34,39-17-8-6-5-7-9-17)36-12-20-22(31)23(32)24(38-20)30-14-26-11-19(30)18-10-21(35-4)28-13-27-18/h5-11,13-16,20,22-24,31-32H,12H2,1-4H3,(H,29,34)/t16-,20+,22-,23?,24+,40-/m0/s1. The lowest BCUT2D eigenvalue weighted by Crippen LogP contribution is -2.38. The van der Waals surface area contributed by atoms with E-state index in [-0.39, 0.29) is 11.9 Å². The Kier molecular flexibility index (Phi) is 9.51. The molecule has 0 radical (unpaired) electrons. The number of hydrogen-bond acceptors (Lipinski definition) is 12. The molecule has 0 aliphatic carbocycles. The fourth-order valence-electron chi connectivity index (χ4n) is 3.90. The molecular weight excluding hydrogens is 545 g/mol. The largest absolute Gasteiger partial charge is 0.481 e. The molecule has 3 N–H and O–H groups in total. The lowest BCUT2D eigenvalue weighted by molar-refractivity contribution is -0.149. The Morgan fingerprint density at radius 2 is 1.93 bits per heavy atom. The van der Waals surface area contributed by atoms with Crippen LogP contribution in [0, 0.1) is 0 Å². The molecule has 1 saturated heterocycles. The summed E-state index contributed by atoms with van der Waals surface area (Å²) in [6, 6.07) is 8.77. The number of esters is 1. The third-order valence-corrected chi connectivity index (χ3v) is 7.47. The van der Waals surface area contributed by atoms with Crippen LogP contribution in [0.3, 0.4) is 0 Å². The van der Waals surface area contributed by atoms with E-state index in [9.17, 15) is 19.6 Å². The molecule has 0 spiro atoms. The van der Waals surface area contributed by atoms with Gasteiger partial charge in [-0.2, -0.15) is 5.09 Å². The highest BCUT2D eigenvalue weighted by atomic mass is 31.2. The zero-order valence-electron chi connectivity index (χ0n) is 22.4. The van der Waals surface area contributed by atoms with Crippen LogP contribution >= 0.6 is 7.75 Å². The monoisotopic (exact) mass is 577 g/mol. The summed E-state index contributed by atoms with van der Waals surface area (Å²) in [6.07, 6.45) is -1.16. The first-order chi connectivity index (χ1) is 19.1. The first-order valence-corrected chi connectivity index (χ1v) is 14.0. The van der Waals surface area contributed by atoms with Crippen molar-refractivity contribution in [3.63, 3.8) is 0 Å². The van der Waals surface area contributed by atoms with E-state index in [0.29, 0.717) is 17.3 Å². The molecule has 40 heavy (non-hydrogen) atoms. The van der Waals surface area contributed by atoms with Crippen LogP contribution in [0.1, 0.15) is 27.0 Å². The fraction of sp³-hybridized carbons (Fsp3) is 0.440. The number of aliphatic hydroxyl groups is 2. The average Bonchev–Trinajstić information content (AvgIpc) is 3.52. The number of hydrogen-bond donors (Lipinski definition) is 3. The lowest BCUT2D eigenvalue weighted by atomic mass is 10.1. The van der Waals surface area contributed by atoms with Gasteiger partial charge in [-0.25, -0.2) is 19.5 Å². The Balaban J connectivity index is 1.50. The number of aromatic nitrogens is 4. The van der Waals surface area contributed by atoms with E-state index in [1.807, 2.05) is 0 Å². The number of nitrogens with zero attached hydrogens (tertiary/aromatic N) is 4. The van der Waals surface area contributed by atoms with E-state index in [2.05, 4.69) is 20.0 Å². The van der Waals surface area contributed by atoms with Crippen molar-refractivity contribution >= 4 is 13.7 Å². The summed E-state index contributed by atoms with van der Waals surface area (Å²) >= 11 is 0. The van der Waals surface area contributed by atoms with Crippen molar-refractivity contribution in [1.29, 1.82) is 0 Å². The normalized spacial score (nSPS) is 23.0. The molecule has 15 heteroatoms. The second-order valence-electron chi connectivity index (χ2n) is 9.21. The van der Waals surface area contributed by atoms with Crippen molar-refractivity contribution in [3.05, 3.63) is 55.2 Å². The first kappa shape index (κ1) is 29.6. The lowest BCUT2D eigenvalue weighted by Gasteiger charge is -2.25. The summed E-state index contributed by atoms with van der Waals surface area (Å²) in [4.78, 5) is 24.7. The number of carbonyl (C=O) groups is 1. The number of ether oxygens (including phenoxy) is 3. The molecule has 14 nitrogen and oxygen atoms in total. The predicted molar refractivity (Wildman–Crippen MR) is 140 cm³/mol. The average molecular weight is 578 g/mol. The molecule has 1 unspecified atom stereocenters. The van der Waals surface area contributed by atoms with Gasteiger partial charge in [0.15, 0.2) is 6.23 Å². The minimum absolute atomic E-state index is 0.219. The third-order valence-electron chi connectivity index (χ3n) is 5.83. The number of rotatable bonds is 12. The van der Waals surface area contributed by atoms with Gasteiger partial charge in [-0.1, -0.05) is 18.2 Å². The topological polar surface area (TPSA) is 176 Å². The Labute approximate surface area is 230 Å². The Hall–Kier alpha value is -3.39. The number of imidazole rings is 1. The van der Waals surface area contributed by atoms with Crippen LogP contribution in [0.25, 0.3) is 11.4 Å². The summed E-state index contributed by atoms with van der Waals surface area (Å²) in [6.45, 7) is 4.38. The van der Waals surface area contributed by atoms with Crippen molar-refractivity contribution in [2.45, 2.75) is 57.5 Å². The molecule has 1 fully saturated rings. The van der Waals surface area contributed by atoms with Gasteiger partial charge in [0, 0.05) is 6.07 Å². The maximum Gasteiger partial charge on any atom is 0.459 e. The Morgan fingerprint density at radius 3 is 2.62 bits per heavy atom. The molecule has 0 saturated carbocycles. The zero-order chi connectivity index (χ0) is 28.9. The molecule has 0 amide bonds. The van der Waals surface area contributed by atoms with Crippen LogP contribution in [0.4, 0.5) is 0 Å². The summed E-state index contributed by atoms with van der Waals surface area (Å²) in [5.41, 5.74) is 0.914. The van der Waals surface area contributed by atoms with Crippen molar-refractivity contribution < 1.29 is 42.8 Å². The number of benzene rings is 1. The number of para-hydroxylation sites is 1. The van der Waals surface area contributed by atoms with Crippen LogP contribution in [-0.2, 0) is 23.4 Å². The van der Waals surface area contributed by atoms with E-state index >= 15 is 0 Å². The molecule has 216 valence electrons. The number of methoxy groups -OCH3 is 1. The first-order valence-electron chi connectivity index (χ1n) is 12.5. The van der Waals surface area contributed by atoms with Gasteiger partial charge in [-0.15, -0.1) is 0 Å². The fourth-order valence-corrected chi connectivity index (χ4v) is 5.40. The molecule has 4 rings (SSSR count). The third kappa shape index (κ3) is 7.02. The zero-order valence-corrected chi connectivity index (χ0v) is 23.3. The van der Waals surface area contributed by atoms with Crippen molar-refractivity contribution in [3.8, 4) is 23.0 Å². The van der Waals surface area contributed by atoms with Crippen LogP contribution < -0.4 is 14.3 Å². The van der Waals surface area contributed by atoms with E-state index in [0.717, 1.165) is 0 Å². The van der Waals surface area contributed by atoms with Gasteiger partial charge in [0.1, 0.15) is 36.4 Å². The minimum atomic E-state index is -4.21. The van der Waals surface area contributed by atoms with Crippen LogP contribution in [0.5, 0.6) is 11.6 Å². The second-order valence-corrected chi connectivity index (χ2v) is 10.9. The molecule has 2 aromatic heterocycles. The van der Waals surface area contributed by atoms with Gasteiger partial charge in [0.25, 0.3) is 0 Å². The predicted octanol–water partition coefficient (Wildman–Crippen LogP) is 2.10. The smallest absolute Gasteiger partial charge is 0.459 e. The highest BCUT2D eigenvalue weighted by Gasteiger charge is 2.46. The van der Waals surface area contributed by atoms with Crippen molar-refractivity contribution in [2.75, 3.05) is 13.7 Å². The highest BCUT2D eigenvalue weighted by molar-refractivity contribution is 7.52. The summed E-state index contributed by atoms with van der Waals surface area (Å²) in [7, 11) is -2.74. The minimum Gasteiger partial charge on any atom is -0.481 e. The van der Waals surface area contributed by atoms with E-state index in [1.165, 1.54) is 37.5 Å². The van der Waals surface area contributed by atoms with Crippen LogP contribution in [-0.4, -0.2) is 79.9 Å². The molecule has 3 aromatic rings. The van der Waals surface area contributed by atoms with Gasteiger partial charge in [0.2, 0.25) is 5.88 Å². The second kappa shape index (κ2) is 12.9. The SMILES string of the molecule is COc1cc(-c2cncn2[C@@H]2O[C@H](CO[P@@](=O)(N[C@@H](C)C(=O)OC(C)C)Oc3ccccc3)[C@H](O)C2O)ncn1. The molecule has 0 bridgehead atoms. The van der Waals surface area contributed by atoms with Gasteiger partial charge in [-0.3, -0.25) is 13.9 Å². The molecule has 1 aromatic carbocycles. The van der Waals surface area contributed by atoms with E-state index in [4.69, 9.17) is 23.3 Å². The number of aliphatic hydroxyl groups excluding tert-OH is 2. The van der Waals surface area contributed by atoms with Crippen molar-refractivity contribution in [2.24, 2.45) is 0 Å². The Morgan fingerprint density at radius 1 is 1.18 bits per heavy atom. The maximum absolute atomic E-state index is 13.7. The molecule has 1 aliphatic heterocycles. The van der Waals surface area contributed by atoms with E-state index < -0.39 is 50.9 Å². The summed E-state index contributed by atoms with van der Waals surface area (Å²) < 4.78 is 42.7. The highest BCUT2D eigenvalue weighted by Crippen LogP contribution is 2.46. The van der Waals surface area contributed by atoms with Crippen molar-refractivity contribution in [1.82, 2.24) is 24.6 Å². The van der Waals surface area contributed by atoms with Gasteiger partial charge in [-0.05, 0) is 32.9 Å². The summed E-state index contributed by atoms with van der Waals surface area (Å²) in [5, 5.41) is 24.2. The van der Waals surface area contributed by atoms with Gasteiger partial charge in [0.05, 0.1) is 43.7 Å². The Bertz CT molecular complexity index is 1320. The van der Waals surface area contributed by atoms with Gasteiger partial charge < -0.3 is 28.9 Å². The maximum atomic E-state index is 13.7. The quantitative estimate of drug-likeness (QED) is 0.211.